The second-order valence-corrected chi connectivity index (χ2v) is 5.80. The molecule has 0 amide bonds. The Kier molecular flexibility index (Phi) is 5.57. The molecule has 2 heterocycles. The maximum atomic E-state index is 11.0. The number of thioether (sulfide) groups is 1. The van der Waals surface area contributed by atoms with Gasteiger partial charge in [0.05, 0.1) is 0 Å². The van der Waals surface area contributed by atoms with E-state index in [0.29, 0.717) is 11.3 Å². The van der Waals surface area contributed by atoms with Crippen molar-refractivity contribution in [2.75, 3.05) is 32.1 Å². The first-order valence-electron chi connectivity index (χ1n) is 5.65. The Bertz CT molecular complexity index is 244. The Morgan fingerprint density at radius 1 is 1.50 bits per heavy atom. The number of hydrogen-bond donors (Lipinski definition) is 1. The topological polar surface area (TPSA) is 38.3 Å². The fraction of sp³-hybridized carbons (Fsp3) is 0.909. The lowest BCUT2D eigenvalue weighted by atomic mass is 9.73. The Labute approximate surface area is 107 Å². The standard InChI is InChI=1S/C11H19NO2S.ClH/c1-9(13)15-7-10-6-12-8-11(10)2-4-14-5-3-11;/h10,12H,2-8H2,1H3;1H. The number of hydrogen-bond acceptors (Lipinski definition) is 4. The zero-order valence-corrected chi connectivity index (χ0v) is 11.3. The van der Waals surface area contributed by atoms with Crippen molar-refractivity contribution in [2.45, 2.75) is 19.8 Å². The largest absolute Gasteiger partial charge is 0.381 e. The predicted octanol–water partition coefficient (Wildman–Crippen LogP) is 1.70. The molecule has 0 aromatic rings. The van der Waals surface area contributed by atoms with Crippen molar-refractivity contribution in [1.29, 1.82) is 0 Å². The van der Waals surface area contributed by atoms with E-state index in [2.05, 4.69) is 5.32 Å². The summed E-state index contributed by atoms with van der Waals surface area (Å²) < 4.78 is 5.43. The van der Waals surface area contributed by atoms with Gasteiger partial charge in [0, 0.05) is 32.4 Å². The Morgan fingerprint density at radius 2 is 2.19 bits per heavy atom. The van der Waals surface area contributed by atoms with Crippen LogP contribution < -0.4 is 5.32 Å². The first-order chi connectivity index (χ1) is 7.23. The molecule has 94 valence electrons. The Morgan fingerprint density at radius 3 is 2.81 bits per heavy atom. The van der Waals surface area contributed by atoms with Crippen LogP contribution in [-0.4, -0.2) is 37.2 Å². The molecule has 0 aromatic carbocycles. The molecule has 3 nitrogen and oxygen atoms in total. The monoisotopic (exact) mass is 265 g/mol. The smallest absolute Gasteiger partial charge is 0.185 e. The average Bonchev–Trinajstić information content (AvgIpc) is 2.59. The zero-order chi connectivity index (χ0) is 10.7. The third kappa shape index (κ3) is 3.13. The van der Waals surface area contributed by atoms with E-state index < -0.39 is 0 Å². The van der Waals surface area contributed by atoms with Gasteiger partial charge >= 0.3 is 0 Å². The molecule has 0 saturated carbocycles. The molecular weight excluding hydrogens is 246 g/mol. The lowest BCUT2D eigenvalue weighted by Gasteiger charge is -2.37. The summed E-state index contributed by atoms with van der Waals surface area (Å²) in [6, 6.07) is 0. The first kappa shape index (κ1) is 14.3. The summed E-state index contributed by atoms with van der Waals surface area (Å²) in [5, 5.41) is 3.72. The van der Waals surface area contributed by atoms with Crippen LogP contribution in [0.15, 0.2) is 0 Å². The van der Waals surface area contributed by atoms with Crippen LogP contribution in [0.1, 0.15) is 19.8 Å². The number of carbonyl (C=O) groups is 1. The van der Waals surface area contributed by atoms with Gasteiger partial charge in [0.2, 0.25) is 0 Å². The van der Waals surface area contributed by atoms with Crippen molar-refractivity contribution < 1.29 is 9.53 Å². The summed E-state index contributed by atoms with van der Waals surface area (Å²) >= 11 is 1.48. The zero-order valence-electron chi connectivity index (χ0n) is 9.66. The van der Waals surface area contributed by atoms with E-state index in [1.165, 1.54) is 11.8 Å². The summed E-state index contributed by atoms with van der Waals surface area (Å²) in [7, 11) is 0. The van der Waals surface area contributed by atoms with Gasteiger partial charge in [-0.2, -0.15) is 0 Å². The maximum absolute atomic E-state index is 11.0. The van der Waals surface area contributed by atoms with Crippen molar-refractivity contribution in [3.05, 3.63) is 0 Å². The van der Waals surface area contributed by atoms with E-state index >= 15 is 0 Å². The molecule has 1 unspecified atom stereocenters. The van der Waals surface area contributed by atoms with Crippen LogP contribution in [-0.2, 0) is 9.53 Å². The van der Waals surface area contributed by atoms with Crippen molar-refractivity contribution in [3.63, 3.8) is 0 Å². The molecular formula is C11H20ClNO2S. The van der Waals surface area contributed by atoms with Crippen LogP contribution in [0.2, 0.25) is 0 Å². The quantitative estimate of drug-likeness (QED) is 0.825. The molecule has 1 N–H and O–H groups in total. The van der Waals surface area contributed by atoms with Crippen molar-refractivity contribution >= 4 is 29.3 Å². The second kappa shape index (κ2) is 6.24. The normalized spacial score (nSPS) is 27.7. The van der Waals surface area contributed by atoms with Gasteiger partial charge in [0.1, 0.15) is 0 Å². The average molecular weight is 266 g/mol. The second-order valence-electron chi connectivity index (χ2n) is 4.61. The maximum Gasteiger partial charge on any atom is 0.185 e. The van der Waals surface area contributed by atoms with E-state index in [1.807, 2.05) is 0 Å². The Balaban J connectivity index is 0.00000128. The summed E-state index contributed by atoms with van der Waals surface area (Å²) in [5.74, 6) is 1.62. The number of nitrogens with one attached hydrogen (secondary N) is 1. The van der Waals surface area contributed by atoms with Gasteiger partial charge in [-0.1, -0.05) is 11.8 Å². The summed E-state index contributed by atoms with van der Waals surface area (Å²) in [6.45, 7) is 5.62. The minimum absolute atomic E-state index is 0. The van der Waals surface area contributed by atoms with E-state index in [9.17, 15) is 4.79 Å². The van der Waals surface area contributed by atoms with Gasteiger partial charge < -0.3 is 10.1 Å². The minimum atomic E-state index is 0. The highest BCUT2D eigenvalue weighted by atomic mass is 35.5. The highest BCUT2D eigenvalue weighted by Gasteiger charge is 2.43. The molecule has 2 rings (SSSR count). The Hall–Kier alpha value is 0.230. The van der Waals surface area contributed by atoms with E-state index in [4.69, 9.17) is 4.74 Å². The molecule has 2 aliphatic rings. The van der Waals surface area contributed by atoms with E-state index in [0.717, 1.165) is 44.9 Å². The molecule has 5 heteroatoms. The van der Waals surface area contributed by atoms with Gasteiger partial charge in [0.25, 0.3) is 0 Å². The van der Waals surface area contributed by atoms with Gasteiger partial charge in [-0.3, -0.25) is 4.79 Å². The molecule has 0 aromatic heterocycles. The van der Waals surface area contributed by atoms with Crippen LogP contribution in [0.25, 0.3) is 0 Å². The number of carbonyl (C=O) groups excluding carboxylic acids is 1. The molecule has 16 heavy (non-hydrogen) atoms. The van der Waals surface area contributed by atoms with Crippen molar-refractivity contribution in [2.24, 2.45) is 11.3 Å². The van der Waals surface area contributed by atoms with Crippen LogP contribution in [0.4, 0.5) is 0 Å². The van der Waals surface area contributed by atoms with Crippen LogP contribution in [0.5, 0.6) is 0 Å². The first-order valence-corrected chi connectivity index (χ1v) is 6.63. The van der Waals surface area contributed by atoms with Crippen LogP contribution >= 0.6 is 24.2 Å². The highest BCUT2D eigenvalue weighted by molar-refractivity contribution is 8.13. The predicted molar refractivity (Wildman–Crippen MR) is 69.2 cm³/mol. The molecule has 2 aliphatic heterocycles. The molecule has 0 bridgehead atoms. The van der Waals surface area contributed by atoms with Crippen molar-refractivity contribution in [3.8, 4) is 0 Å². The van der Waals surface area contributed by atoms with Gasteiger partial charge in [-0.25, -0.2) is 0 Å². The lowest BCUT2D eigenvalue weighted by molar-refractivity contribution is -0.109. The molecule has 0 radical (unpaired) electrons. The number of rotatable bonds is 2. The van der Waals surface area contributed by atoms with Gasteiger partial charge in [-0.05, 0) is 30.7 Å². The third-order valence-corrected chi connectivity index (χ3v) is 4.69. The molecule has 1 atom stereocenters. The van der Waals surface area contributed by atoms with Gasteiger partial charge in [0.15, 0.2) is 5.12 Å². The summed E-state index contributed by atoms with van der Waals surface area (Å²) in [4.78, 5) is 11.0. The summed E-state index contributed by atoms with van der Waals surface area (Å²) in [5.41, 5.74) is 0.417. The fourth-order valence-electron chi connectivity index (χ4n) is 2.67. The van der Waals surface area contributed by atoms with Crippen LogP contribution in [0, 0.1) is 11.3 Å². The number of halogens is 1. The molecule has 2 saturated heterocycles. The third-order valence-electron chi connectivity index (χ3n) is 3.71. The number of ether oxygens (including phenoxy) is 1. The summed E-state index contributed by atoms with van der Waals surface area (Å²) in [6.07, 6.45) is 2.31. The molecule has 2 fully saturated rings. The van der Waals surface area contributed by atoms with E-state index in [-0.39, 0.29) is 17.5 Å². The van der Waals surface area contributed by atoms with E-state index in [1.54, 1.807) is 6.92 Å². The molecule has 1 spiro atoms. The van der Waals surface area contributed by atoms with Crippen LogP contribution in [0.3, 0.4) is 0 Å². The fourth-order valence-corrected chi connectivity index (χ4v) is 3.58. The molecule has 0 aliphatic carbocycles. The lowest BCUT2D eigenvalue weighted by Crippen LogP contribution is -2.37. The minimum Gasteiger partial charge on any atom is -0.381 e. The SMILES string of the molecule is CC(=O)SCC1CNCC12CCOCC2.Cl. The highest BCUT2D eigenvalue weighted by Crippen LogP contribution is 2.42. The van der Waals surface area contributed by atoms with Gasteiger partial charge in [-0.15, -0.1) is 12.4 Å². The van der Waals surface area contributed by atoms with Crippen molar-refractivity contribution in [1.82, 2.24) is 5.32 Å².